The fraction of sp³-hybridized carbons (Fsp3) is 0.657. The molecule has 0 amide bonds. The van der Waals surface area contributed by atoms with Gasteiger partial charge in [-0.1, -0.05) is 76.8 Å². The predicted molar refractivity (Wildman–Crippen MR) is 170 cm³/mol. The number of methoxy groups -OCH3 is 1. The SMILES string of the molecule is CCCCO[C@H]1[C@H](OCCCC)[C@@H](CC)O[C@@](OC)(c2ccc(Cl)c(Cc3ccc(OCC)cc3)c2)[C@@H]1OCCCC. The van der Waals surface area contributed by atoms with Gasteiger partial charge in [0.2, 0.25) is 5.79 Å². The maximum atomic E-state index is 6.96. The van der Waals surface area contributed by atoms with Gasteiger partial charge < -0.3 is 28.4 Å². The minimum atomic E-state index is -1.19. The van der Waals surface area contributed by atoms with Crippen LogP contribution < -0.4 is 4.74 Å². The van der Waals surface area contributed by atoms with Gasteiger partial charge in [-0.15, -0.1) is 0 Å². The van der Waals surface area contributed by atoms with Crippen LogP contribution in [0.3, 0.4) is 0 Å². The Morgan fingerprint density at radius 3 is 1.98 bits per heavy atom. The molecule has 0 unspecified atom stereocenters. The molecule has 5 atom stereocenters. The van der Waals surface area contributed by atoms with Crippen LogP contribution in [0.25, 0.3) is 0 Å². The summed E-state index contributed by atoms with van der Waals surface area (Å²) in [5.41, 5.74) is 3.00. The van der Waals surface area contributed by atoms with E-state index in [-0.39, 0.29) is 18.3 Å². The molecule has 42 heavy (non-hydrogen) atoms. The van der Waals surface area contributed by atoms with E-state index in [4.69, 9.17) is 40.0 Å². The van der Waals surface area contributed by atoms with E-state index in [0.717, 1.165) is 67.4 Å². The normalized spacial score (nSPS) is 24.2. The fourth-order valence-corrected chi connectivity index (χ4v) is 5.66. The number of rotatable bonds is 19. The molecular weight excluding hydrogens is 552 g/mol. The Labute approximate surface area is 259 Å². The first-order chi connectivity index (χ1) is 20.5. The maximum Gasteiger partial charge on any atom is 0.224 e. The van der Waals surface area contributed by atoms with Gasteiger partial charge in [-0.25, -0.2) is 0 Å². The van der Waals surface area contributed by atoms with Crippen molar-refractivity contribution in [2.45, 2.75) is 116 Å². The van der Waals surface area contributed by atoms with E-state index in [0.29, 0.717) is 37.9 Å². The molecule has 6 nitrogen and oxygen atoms in total. The lowest BCUT2D eigenvalue weighted by Crippen LogP contribution is -2.65. The third kappa shape index (κ3) is 8.93. The third-order valence-corrected chi connectivity index (χ3v) is 8.25. The van der Waals surface area contributed by atoms with Crippen LogP contribution in [0.4, 0.5) is 0 Å². The van der Waals surface area contributed by atoms with Crippen molar-refractivity contribution < 1.29 is 28.4 Å². The second-order valence-electron chi connectivity index (χ2n) is 11.0. The molecule has 236 valence electrons. The molecule has 2 aromatic carbocycles. The van der Waals surface area contributed by atoms with Crippen molar-refractivity contribution in [3.05, 3.63) is 64.2 Å². The van der Waals surface area contributed by atoms with Gasteiger partial charge in [0.25, 0.3) is 0 Å². The molecule has 0 N–H and O–H groups in total. The third-order valence-electron chi connectivity index (χ3n) is 7.88. The summed E-state index contributed by atoms with van der Waals surface area (Å²) in [6.45, 7) is 13.1. The highest BCUT2D eigenvalue weighted by atomic mass is 35.5. The van der Waals surface area contributed by atoms with E-state index in [2.05, 4.69) is 45.9 Å². The molecule has 1 saturated heterocycles. The Hall–Kier alpha value is -1.67. The largest absolute Gasteiger partial charge is 0.494 e. The summed E-state index contributed by atoms with van der Waals surface area (Å²) in [5.74, 6) is -0.328. The van der Waals surface area contributed by atoms with Crippen LogP contribution in [-0.2, 0) is 35.9 Å². The molecule has 0 bridgehead atoms. The number of hydrogen-bond acceptors (Lipinski definition) is 6. The van der Waals surface area contributed by atoms with Gasteiger partial charge in [-0.2, -0.15) is 0 Å². The monoisotopic (exact) mass is 604 g/mol. The lowest BCUT2D eigenvalue weighted by Gasteiger charge is -2.52. The highest BCUT2D eigenvalue weighted by molar-refractivity contribution is 6.31. The molecule has 3 rings (SSSR count). The smallest absolute Gasteiger partial charge is 0.224 e. The van der Waals surface area contributed by atoms with Crippen LogP contribution in [0.5, 0.6) is 5.75 Å². The van der Waals surface area contributed by atoms with Gasteiger partial charge >= 0.3 is 0 Å². The Bertz CT molecular complexity index is 1030. The van der Waals surface area contributed by atoms with E-state index in [1.807, 2.05) is 31.2 Å². The van der Waals surface area contributed by atoms with Gasteiger partial charge in [0, 0.05) is 37.5 Å². The minimum Gasteiger partial charge on any atom is -0.494 e. The van der Waals surface area contributed by atoms with Crippen molar-refractivity contribution in [2.75, 3.05) is 33.5 Å². The summed E-state index contributed by atoms with van der Waals surface area (Å²) < 4.78 is 38.8. The molecule has 2 aromatic rings. The molecule has 1 aliphatic rings. The highest BCUT2D eigenvalue weighted by Crippen LogP contribution is 2.44. The zero-order valence-corrected chi connectivity index (χ0v) is 27.4. The van der Waals surface area contributed by atoms with Crippen molar-refractivity contribution in [1.82, 2.24) is 0 Å². The molecule has 1 fully saturated rings. The Morgan fingerprint density at radius 1 is 0.786 bits per heavy atom. The van der Waals surface area contributed by atoms with Gasteiger partial charge in [-0.05, 0) is 74.4 Å². The number of hydrogen-bond donors (Lipinski definition) is 0. The van der Waals surface area contributed by atoms with E-state index in [1.165, 1.54) is 0 Å². The molecule has 0 aliphatic carbocycles. The van der Waals surface area contributed by atoms with E-state index < -0.39 is 11.9 Å². The number of halogens is 1. The zero-order chi connectivity index (χ0) is 30.4. The summed E-state index contributed by atoms with van der Waals surface area (Å²) in [4.78, 5) is 0. The van der Waals surface area contributed by atoms with Gasteiger partial charge in [0.05, 0.1) is 12.7 Å². The molecule has 1 aliphatic heterocycles. The summed E-state index contributed by atoms with van der Waals surface area (Å²) in [7, 11) is 1.70. The predicted octanol–water partition coefficient (Wildman–Crippen LogP) is 8.49. The van der Waals surface area contributed by atoms with Crippen LogP contribution in [0, 0.1) is 0 Å². The Kier molecular flexibility index (Phi) is 15.1. The lowest BCUT2D eigenvalue weighted by atomic mass is 9.85. The topological polar surface area (TPSA) is 55.4 Å². The van der Waals surface area contributed by atoms with Crippen LogP contribution in [-0.4, -0.2) is 58.0 Å². The van der Waals surface area contributed by atoms with Crippen LogP contribution in [0.15, 0.2) is 42.5 Å². The van der Waals surface area contributed by atoms with Crippen molar-refractivity contribution in [1.29, 1.82) is 0 Å². The molecule has 0 saturated carbocycles. The van der Waals surface area contributed by atoms with Crippen molar-refractivity contribution >= 4 is 11.6 Å². The first-order valence-corrected chi connectivity index (χ1v) is 16.4. The summed E-state index contributed by atoms with van der Waals surface area (Å²) in [6, 6.07) is 14.2. The summed E-state index contributed by atoms with van der Waals surface area (Å²) in [5, 5.41) is 0.696. The first-order valence-electron chi connectivity index (χ1n) is 16.1. The molecule has 1 heterocycles. The second-order valence-corrected chi connectivity index (χ2v) is 11.4. The quantitative estimate of drug-likeness (QED) is 0.150. The van der Waals surface area contributed by atoms with Crippen LogP contribution >= 0.6 is 11.6 Å². The number of unbranched alkanes of at least 4 members (excludes halogenated alkanes) is 3. The summed E-state index contributed by atoms with van der Waals surface area (Å²) >= 11 is 6.77. The van der Waals surface area contributed by atoms with E-state index in [9.17, 15) is 0 Å². The summed E-state index contributed by atoms with van der Waals surface area (Å²) in [6.07, 6.45) is 6.05. The van der Waals surface area contributed by atoms with Crippen molar-refractivity contribution in [3.8, 4) is 5.75 Å². The average Bonchev–Trinajstić information content (AvgIpc) is 3.00. The van der Waals surface area contributed by atoms with E-state index in [1.54, 1.807) is 7.11 Å². The highest BCUT2D eigenvalue weighted by Gasteiger charge is 2.58. The van der Waals surface area contributed by atoms with E-state index >= 15 is 0 Å². The second kappa shape index (κ2) is 18.2. The zero-order valence-electron chi connectivity index (χ0n) is 26.7. The lowest BCUT2D eigenvalue weighted by molar-refractivity contribution is -0.378. The number of ether oxygens (including phenoxy) is 6. The molecule has 0 spiro atoms. The van der Waals surface area contributed by atoms with Gasteiger partial charge in [0.1, 0.15) is 24.1 Å². The molecule has 0 aromatic heterocycles. The van der Waals surface area contributed by atoms with Crippen LogP contribution in [0.1, 0.15) is 96.3 Å². The molecule has 7 heteroatoms. The Morgan fingerprint density at radius 2 is 1.40 bits per heavy atom. The van der Waals surface area contributed by atoms with Crippen molar-refractivity contribution in [3.63, 3.8) is 0 Å². The fourth-order valence-electron chi connectivity index (χ4n) is 5.48. The molecule has 0 radical (unpaired) electrons. The van der Waals surface area contributed by atoms with Crippen molar-refractivity contribution in [2.24, 2.45) is 0 Å². The van der Waals surface area contributed by atoms with Gasteiger partial charge in [-0.3, -0.25) is 0 Å². The number of benzene rings is 2. The minimum absolute atomic E-state index is 0.232. The maximum absolute atomic E-state index is 6.96. The Balaban J connectivity index is 2.04. The van der Waals surface area contributed by atoms with Gasteiger partial charge in [0.15, 0.2) is 0 Å². The first kappa shape index (κ1) is 34.8. The molecular formula is C35H53ClO6. The van der Waals surface area contributed by atoms with Crippen LogP contribution in [0.2, 0.25) is 5.02 Å². The average molecular weight is 605 g/mol. The standard InChI is InChI=1S/C35H53ClO6/c1-7-12-21-39-32-31(10-4)42-35(37-6,34(41-23-14-9-3)33(32)40-22-13-8-2)28-17-20-30(36)27(25-28)24-26-15-18-29(19-16-26)38-11-5/h15-20,25,31-34H,7-14,21-24H2,1-6H3/t31-,32-,33+,34-,35+/m1/s1.